The van der Waals surface area contributed by atoms with Gasteiger partial charge in [0, 0.05) is 24.8 Å². The van der Waals surface area contributed by atoms with E-state index in [1.807, 2.05) is 6.07 Å². The van der Waals surface area contributed by atoms with Gasteiger partial charge in [0.25, 0.3) is 17.7 Å². The lowest BCUT2D eigenvalue weighted by Crippen LogP contribution is -2.43. The van der Waals surface area contributed by atoms with E-state index in [4.69, 9.17) is 34.8 Å². The molecule has 77 heavy (non-hydrogen) atoms. The number of hydrogen-bond donors (Lipinski definition) is 2. The second kappa shape index (κ2) is 23.7. The number of urea groups is 3. The van der Waals surface area contributed by atoms with Crippen molar-refractivity contribution in [1.29, 1.82) is 0 Å². The largest absolute Gasteiger partial charge is 0.393 e. The zero-order chi connectivity index (χ0) is 57.6. The van der Waals surface area contributed by atoms with E-state index in [0.29, 0.717) is 16.6 Å². The molecule has 3 aromatic carbocycles. The van der Waals surface area contributed by atoms with Crippen molar-refractivity contribution in [2.45, 2.75) is 108 Å². The molecule has 0 aliphatic carbocycles. The van der Waals surface area contributed by atoms with E-state index in [0.717, 1.165) is 20.3 Å². The van der Waals surface area contributed by atoms with Gasteiger partial charge in [-0.1, -0.05) is 59.6 Å². The minimum Gasteiger partial charge on any atom is -0.323 e. The van der Waals surface area contributed by atoms with Crippen LogP contribution in [0.25, 0.3) is 0 Å². The summed E-state index contributed by atoms with van der Waals surface area (Å²) in [6, 6.07) is 20.7. The van der Waals surface area contributed by atoms with Crippen LogP contribution in [0.15, 0.2) is 109 Å². The molecule has 5 aromatic rings. The van der Waals surface area contributed by atoms with Crippen LogP contribution in [0.3, 0.4) is 0 Å². The smallest absolute Gasteiger partial charge is 0.323 e. The number of nitrogens with one attached hydrogen (secondary N) is 2. The maximum atomic E-state index is 12.9. The number of pyridine rings is 2. The molecule has 412 valence electrons. The number of halogens is 12. The first-order chi connectivity index (χ1) is 35.5. The van der Waals surface area contributed by atoms with Gasteiger partial charge in [-0.2, -0.15) is 39.5 Å². The Balaban J connectivity index is 0.000000200. The Morgan fingerprint density at radius 3 is 1.08 bits per heavy atom. The van der Waals surface area contributed by atoms with Crippen molar-refractivity contribution in [3.8, 4) is 0 Å². The van der Waals surface area contributed by atoms with Crippen LogP contribution >= 0.6 is 34.8 Å². The van der Waals surface area contributed by atoms with E-state index in [-0.39, 0.29) is 45.5 Å². The Kier molecular flexibility index (Phi) is 18.8. The summed E-state index contributed by atoms with van der Waals surface area (Å²) in [6.45, 7) is 9.62. The van der Waals surface area contributed by atoms with E-state index in [9.17, 15) is 68.3 Å². The van der Waals surface area contributed by atoms with Crippen LogP contribution in [0.5, 0.6) is 0 Å². The van der Waals surface area contributed by atoms with Crippen molar-refractivity contribution in [2.75, 3.05) is 14.7 Å². The summed E-state index contributed by atoms with van der Waals surface area (Å²) in [5, 5.41) is 5.77. The molecule has 3 aliphatic rings. The van der Waals surface area contributed by atoms with Crippen LogP contribution in [-0.2, 0) is 46.1 Å². The number of rotatable bonds is 9. The fourth-order valence-corrected chi connectivity index (χ4v) is 8.09. The molecule has 0 unspecified atom stereocenters. The van der Waals surface area contributed by atoms with Gasteiger partial charge in [-0.25, -0.2) is 39.1 Å². The number of amides is 9. The summed E-state index contributed by atoms with van der Waals surface area (Å²) in [6.07, 6.45) is -12.9. The van der Waals surface area contributed by atoms with Gasteiger partial charge in [0.15, 0.2) is 0 Å². The Morgan fingerprint density at radius 1 is 0.468 bits per heavy atom. The highest BCUT2D eigenvalue weighted by molar-refractivity contribution is 6.30. The van der Waals surface area contributed by atoms with Gasteiger partial charge in [0.1, 0.15) is 26.9 Å². The van der Waals surface area contributed by atoms with Gasteiger partial charge in [0.2, 0.25) is 0 Å². The molecule has 2 aromatic heterocycles. The normalized spacial score (nSPS) is 16.8. The van der Waals surface area contributed by atoms with Crippen LogP contribution in [0.2, 0.25) is 10.3 Å². The Hall–Kier alpha value is -6.98. The molecule has 26 heteroatoms. The Labute approximate surface area is 450 Å². The average molecular weight is 1150 g/mol. The van der Waals surface area contributed by atoms with Crippen LogP contribution in [-0.4, -0.2) is 85.8 Å². The van der Waals surface area contributed by atoms with Crippen molar-refractivity contribution in [1.82, 2.24) is 25.5 Å². The van der Waals surface area contributed by atoms with E-state index in [2.05, 4.69) is 20.6 Å². The lowest BCUT2D eigenvalue weighted by Gasteiger charge is -2.27. The number of nitrogens with zero attached hydrogens (tertiary/aromatic N) is 6. The first-order valence-electron chi connectivity index (χ1n) is 22.8. The molecule has 0 radical (unpaired) electrons. The van der Waals surface area contributed by atoms with Crippen molar-refractivity contribution in [2.24, 2.45) is 0 Å². The number of imide groups is 3. The molecular formula is C51H48Cl3F9N8O6. The third-order valence-electron chi connectivity index (χ3n) is 11.4. The van der Waals surface area contributed by atoms with Gasteiger partial charge in [-0.05, 0) is 130 Å². The first kappa shape index (κ1) is 60.9. The molecule has 0 saturated carbocycles. The van der Waals surface area contributed by atoms with Crippen molar-refractivity contribution >= 4 is 87.7 Å². The number of alkyl halides is 10. The molecular weight excluding hydrogens is 1100 g/mol. The molecule has 9 amide bonds. The molecule has 14 nitrogen and oxygen atoms in total. The van der Waals surface area contributed by atoms with E-state index < -0.39 is 90.2 Å². The summed E-state index contributed by atoms with van der Waals surface area (Å²) in [4.78, 5) is 85.2. The predicted octanol–water partition coefficient (Wildman–Crippen LogP) is 12.3. The van der Waals surface area contributed by atoms with Gasteiger partial charge in [0.05, 0.1) is 36.3 Å². The van der Waals surface area contributed by atoms with E-state index >= 15 is 0 Å². The van der Waals surface area contributed by atoms with Crippen LogP contribution < -0.4 is 25.3 Å². The SMILES string of the molecule is CC1(C)C(=O)N(c2ccc(CC(F)(F)F)cc2)C(=O)N1Cc1ccnc(Cl)c1.CC1(C)NC(=O)N(c2ccc(CC(F)(F)F)cc2)C1=O.CC1(C)NC(=O)N(c2ccc(CC(F)(F)F)cc2)C1=O.ClCc1ccnc(Cl)c1. The fourth-order valence-electron chi connectivity index (χ4n) is 7.53. The number of aromatic nitrogens is 2. The average Bonchev–Trinajstić information content (AvgIpc) is 3.73. The lowest BCUT2D eigenvalue weighted by molar-refractivity contribution is -0.128. The third-order valence-corrected chi connectivity index (χ3v) is 12.1. The number of carbonyl (C=O) groups excluding carboxylic acids is 6. The molecule has 8 rings (SSSR count). The quantitative estimate of drug-likeness (QED) is 0.0637. The summed E-state index contributed by atoms with van der Waals surface area (Å²) in [5.74, 6) is -0.847. The van der Waals surface area contributed by atoms with Crippen LogP contribution in [0, 0.1) is 0 Å². The second-order valence-electron chi connectivity index (χ2n) is 18.9. The highest BCUT2D eigenvalue weighted by Gasteiger charge is 2.52. The molecule has 2 N–H and O–H groups in total. The Morgan fingerprint density at radius 2 is 0.792 bits per heavy atom. The van der Waals surface area contributed by atoms with Gasteiger partial charge < -0.3 is 15.5 Å². The number of benzene rings is 3. The van der Waals surface area contributed by atoms with Crippen LogP contribution in [0.1, 0.15) is 69.4 Å². The minimum absolute atomic E-state index is 0.0536. The fraction of sp³-hybridized carbons (Fsp3) is 0.333. The highest BCUT2D eigenvalue weighted by Crippen LogP contribution is 2.35. The second-order valence-corrected chi connectivity index (χ2v) is 20.0. The monoisotopic (exact) mass is 1140 g/mol. The highest BCUT2D eigenvalue weighted by atomic mass is 35.5. The summed E-state index contributed by atoms with van der Waals surface area (Å²) in [7, 11) is 0. The Bertz CT molecular complexity index is 2880. The topological polar surface area (TPSA) is 165 Å². The lowest BCUT2D eigenvalue weighted by atomic mass is 10.0. The van der Waals surface area contributed by atoms with Gasteiger partial charge in [-0.15, -0.1) is 11.6 Å². The molecule has 0 spiro atoms. The number of anilines is 3. The molecule has 3 fully saturated rings. The van der Waals surface area contributed by atoms with E-state index in [1.54, 1.807) is 65.9 Å². The zero-order valence-electron chi connectivity index (χ0n) is 41.6. The van der Waals surface area contributed by atoms with Crippen LogP contribution in [0.4, 0.5) is 71.0 Å². The van der Waals surface area contributed by atoms with Crippen molar-refractivity contribution < 1.29 is 68.3 Å². The molecule has 3 saturated heterocycles. The maximum Gasteiger partial charge on any atom is 0.393 e. The minimum atomic E-state index is -4.33. The zero-order valence-corrected chi connectivity index (χ0v) is 43.9. The van der Waals surface area contributed by atoms with Crippen molar-refractivity contribution in [3.63, 3.8) is 0 Å². The number of carbonyl (C=O) groups is 6. The summed E-state index contributed by atoms with van der Waals surface area (Å²) in [5.41, 5.74) is -0.510. The summed E-state index contributed by atoms with van der Waals surface area (Å²) >= 11 is 16.9. The predicted molar refractivity (Wildman–Crippen MR) is 269 cm³/mol. The summed E-state index contributed by atoms with van der Waals surface area (Å²) < 4.78 is 111. The molecule has 3 aliphatic heterocycles. The third kappa shape index (κ3) is 16.3. The van der Waals surface area contributed by atoms with Gasteiger partial charge in [-0.3, -0.25) is 14.4 Å². The van der Waals surface area contributed by atoms with Gasteiger partial charge >= 0.3 is 36.6 Å². The number of hydrogen-bond acceptors (Lipinski definition) is 8. The van der Waals surface area contributed by atoms with E-state index in [1.165, 1.54) is 83.9 Å². The molecule has 0 bridgehead atoms. The molecule has 0 atom stereocenters. The first-order valence-corrected chi connectivity index (χ1v) is 24.0. The van der Waals surface area contributed by atoms with Crippen molar-refractivity contribution in [3.05, 3.63) is 148 Å². The maximum absolute atomic E-state index is 12.9. The standard InChI is InChI=1S/C19H17ClF3N3O2.2C13H13F3N2O2.C6H5Cl2N/c1-18(2)16(27)26(14-5-3-12(4-6-14)10-19(21,22)23)17(28)25(18)11-13-7-8-24-15(20)9-13;2*1-12(2)10(19)18(11(20)17-12)9-5-3-8(4-6-9)7-13(14,15)16;7-4-5-1-2-9-6(8)3-5/h3-9H,10-11H2,1-2H3;2*3-6H,7H2,1-2H3,(H,17,20);1-3H,4H2. The molecule has 5 heterocycles.